The van der Waals surface area contributed by atoms with Crippen molar-refractivity contribution in [2.24, 2.45) is 0 Å². The van der Waals surface area contributed by atoms with Gasteiger partial charge in [0.15, 0.2) is 9.84 Å². The second-order valence-corrected chi connectivity index (χ2v) is 6.57. The molecule has 0 aromatic heterocycles. The predicted molar refractivity (Wildman–Crippen MR) is 81.9 cm³/mol. The van der Waals surface area contributed by atoms with E-state index in [0.29, 0.717) is 0 Å². The molecule has 7 heteroatoms. The van der Waals surface area contributed by atoms with Gasteiger partial charge in [-0.25, -0.2) is 8.42 Å². The highest BCUT2D eigenvalue weighted by molar-refractivity contribution is 7.90. The van der Waals surface area contributed by atoms with Crippen LogP contribution in [0, 0.1) is 0 Å². The molecule has 0 radical (unpaired) electrons. The van der Waals surface area contributed by atoms with Crippen molar-refractivity contribution in [1.82, 2.24) is 10.2 Å². The van der Waals surface area contributed by atoms with Crippen LogP contribution in [0.3, 0.4) is 0 Å². The minimum atomic E-state index is -3.18. The van der Waals surface area contributed by atoms with Crippen LogP contribution in [-0.4, -0.2) is 46.1 Å². The second-order valence-electron chi connectivity index (χ2n) is 4.55. The van der Waals surface area contributed by atoms with Crippen molar-refractivity contribution in [3.63, 3.8) is 0 Å². The van der Waals surface area contributed by atoms with Crippen LogP contribution in [0.2, 0.25) is 0 Å². The molecule has 1 atom stereocenters. The van der Waals surface area contributed by atoms with Gasteiger partial charge in [-0.15, -0.1) is 12.4 Å². The summed E-state index contributed by atoms with van der Waals surface area (Å²) in [7, 11) is 0.270. The zero-order chi connectivity index (χ0) is 14.6. The summed E-state index contributed by atoms with van der Waals surface area (Å²) < 4.78 is 22.7. The molecule has 0 heterocycles. The van der Waals surface area contributed by atoms with E-state index in [4.69, 9.17) is 0 Å². The van der Waals surface area contributed by atoms with Gasteiger partial charge < -0.3 is 10.2 Å². The second kappa shape index (κ2) is 7.61. The van der Waals surface area contributed by atoms with E-state index in [2.05, 4.69) is 5.32 Å². The van der Waals surface area contributed by atoms with Gasteiger partial charge in [0.25, 0.3) is 0 Å². The lowest BCUT2D eigenvalue weighted by Gasteiger charge is -2.25. The van der Waals surface area contributed by atoms with Gasteiger partial charge in [0.05, 0.1) is 17.5 Å². The number of rotatable bonds is 5. The first-order chi connectivity index (χ1) is 8.77. The van der Waals surface area contributed by atoms with E-state index in [1.54, 1.807) is 43.3 Å². The first-order valence-corrected chi connectivity index (χ1v) is 7.86. The number of hydrogen-bond acceptors (Lipinski definition) is 4. The number of amides is 1. The Labute approximate surface area is 126 Å². The molecule has 1 aromatic rings. The Morgan fingerprint density at radius 1 is 1.30 bits per heavy atom. The van der Waals surface area contributed by atoms with Crippen LogP contribution in [0.5, 0.6) is 0 Å². The van der Waals surface area contributed by atoms with Gasteiger partial charge in [-0.1, -0.05) is 12.1 Å². The molecule has 0 aliphatic rings. The monoisotopic (exact) mass is 320 g/mol. The van der Waals surface area contributed by atoms with Crippen molar-refractivity contribution < 1.29 is 13.2 Å². The predicted octanol–water partition coefficient (Wildman–Crippen LogP) is 1.25. The molecule has 0 bridgehead atoms. The van der Waals surface area contributed by atoms with Gasteiger partial charge in [-0.2, -0.15) is 0 Å². The van der Waals surface area contributed by atoms with Gasteiger partial charge in [-0.05, 0) is 31.7 Å². The fourth-order valence-electron chi connectivity index (χ4n) is 1.71. The Bertz CT molecular complexity index is 543. The van der Waals surface area contributed by atoms with E-state index < -0.39 is 9.84 Å². The normalized spacial score (nSPS) is 12.4. The first-order valence-electron chi connectivity index (χ1n) is 5.97. The number of nitrogens with one attached hydrogen (secondary N) is 1. The minimum Gasteiger partial charge on any atom is -0.338 e. The number of halogens is 1. The Kier molecular flexibility index (Phi) is 7.19. The number of benzene rings is 1. The van der Waals surface area contributed by atoms with E-state index in [9.17, 15) is 13.2 Å². The standard InChI is InChI=1S/C13H20N2O3S.ClH/c1-10(15(3)13(16)9-14-2)11-5-7-12(8-6-11)19(4,17)18;/h5-8,10,14H,9H2,1-4H3;1H. The number of likely N-dealkylation sites (N-methyl/N-ethyl adjacent to an activating group) is 2. The highest BCUT2D eigenvalue weighted by Crippen LogP contribution is 2.20. The molecule has 0 spiro atoms. The van der Waals surface area contributed by atoms with Crippen LogP contribution in [-0.2, 0) is 14.6 Å². The van der Waals surface area contributed by atoms with E-state index in [1.165, 1.54) is 6.26 Å². The SMILES string of the molecule is CNCC(=O)N(C)C(C)c1ccc(S(C)(=O)=O)cc1.Cl. The number of carbonyl (C=O) groups excluding carboxylic acids is 1. The molecule has 1 aromatic carbocycles. The summed E-state index contributed by atoms with van der Waals surface area (Å²) in [5, 5.41) is 2.81. The van der Waals surface area contributed by atoms with Crippen molar-refractivity contribution in [3.05, 3.63) is 29.8 Å². The van der Waals surface area contributed by atoms with Crippen molar-refractivity contribution in [2.45, 2.75) is 17.9 Å². The highest BCUT2D eigenvalue weighted by atomic mass is 35.5. The summed E-state index contributed by atoms with van der Waals surface area (Å²) in [5.74, 6) is -0.0119. The third-order valence-electron chi connectivity index (χ3n) is 3.09. The average molecular weight is 321 g/mol. The Hall–Kier alpha value is -1.11. The maximum Gasteiger partial charge on any atom is 0.236 e. The molecule has 0 saturated carbocycles. The third-order valence-corrected chi connectivity index (χ3v) is 4.22. The zero-order valence-electron chi connectivity index (χ0n) is 12.1. The molecule has 0 aliphatic carbocycles. The molecular formula is C13H21ClN2O3S. The highest BCUT2D eigenvalue weighted by Gasteiger charge is 2.17. The number of hydrogen-bond donors (Lipinski definition) is 1. The topological polar surface area (TPSA) is 66.5 Å². The fraction of sp³-hybridized carbons (Fsp3) is 0.462. The number of nitrogens with zero attached hydrogens (tertiary/aromatic N) is 1. The summed E-state index contributed by atoms with van der Waals surface area (Å²) in [6.07, 6.45) is 1.17. The van der Waals surface area contributed by atoms with Gasteiger partial charge in [0.1, 0.15) is 0 Å². The Morgan fingerprint density at radius 2 is 1.80 bits per heavy atom. The van der Waals surface area contributed by atoms with E-state index >= 15 is 0 Å². The van der Waals surface area contributed by atoms with Crippen LogP contribution in [0.1, 0.15) is 18.5 Å². The minimum absolute atomic E-state index is 0. The molecule has 0 fully saturated rings. The Morgan fingerprint density at radius 3 is 2.20 bits per heavy atom. The molecule has 0 saturated heterocycles. The van der Waals surface area contributed by atoms with Crippen LogP contribution < -0.4 is 5.32 Å². The molecule has 5 nitrogen and oxygen atoms in total. The zero-order valence-corrected chi connectivity index (χ0v) is 13.7. The van der Waals surface area contributed by atoms with Crippen molar-refractivity contribution in [2.75, 3.05) is 26.9 Å². The molecule has 1 amide bonds. The van der Waals surface area contributed by atoms with Crippen LogP contribution in [0.15, 0.2) is 29.2 Å². The summed E-state index contributed by atoms with van der Waals surface area (Å²) in [6.45, 7) is 2.19. The van der Waals surface area contributed by atoms with Gasteiger partial charge in [-0.3, -0.25) is 4.79 Å². The lowest BCUT2D eigenvalue weighted by molar-refractivity contribution is -0.130. The molecule has 114 valence electrons. The van der Waals surface area contributed by atoms with E-state index in [-0.39, 0.29) is 35.8 Å². The quantitative estimate of drug-likeness (QED) is 0.886. The maximum atomic E-state index is 11.8. The van der Waals surface area contributed by atoms with Crippen molar-refractivity contribution in [3.8, 4) is 0 Å². The summed E-state index contributed by atoms with van der Waals surface area (Å²) in [6, 6.07) is 6.51. The molecule has 1 unspecified atom stereocenters. The van der Waals surface area contributed by atoms with Gasteiger partial charge in [0, 0.05) is 13.3 Å². The van der Waals surface area contributed by atoms with Crippen LogP contribution >= 0.6 is 12.4 Å². The molecule has 1 N–H and O–H groups in total. The van der Waals surface area contributed by atoms with E-state index in [1.807, 2.05) is 6.92 Å². The van der Waals surface area contributed by atoms with Crippen LogP contribution in [0.4, 0.5) is 0 Å². The summed E-state index contributed by atoms with van der Waals surface area (Å²) >= 11 is 0. The lowest BCUT2D eigenvalue weighted by atomic mass is 10.1. The summed E-state index contributed by atoms with van der Waals surface area (Å²) in [4.78, 5) is 13.7. The van der Waals surface area contributed by atoms with Gasteiger partial charge >= 0.3 is 0 Å². The van der Waals surface area contributed by atoms with E-state index in [0.717, 1.165) is 5.56 Å². The van der Waals surface area contributed by atoms with Crippen molar-refractivity contribution in [1.29, 1.82) is 0 Å². The van der Waals surface area contributed by atoms with Crippen molar-refractivity contribution >= 4 is 28.2 Å². The largest absolute Gasteiger partial charge is 0.338 e. The first kappa shape index (κ1) is 18.9. The lowest BCUT2D eigenvalue weighted by Crippen LogP contribution is -2.35. The maximum absolute atomic E-state index is 11.8. The molecule has 20 heavy (non-hydrogen) atoms. The van der Waals surface area contributed by atoms with Crippen LogP contribution in [0.25, 0.3) is 0 Å². The number of carbonyl (C=O) groups is 1. The van der Waals surface area contributed by atoms with Gasteiger partial charge in [0.2, 0.25) is 5.91 Å². The average Bonchev–Trinajstić information content (AvgIpc) is 2.36. The fourth-order valence-corrected chi connectivity index (χ4v) is 2.34. The molecular weight excluding hydrogens is 300 g/mol. The summed E-state index contributed by atoms with van der Waals surface area (Å²) in [5.41, 5.74) is 0.902. The third kappa shape index (κ3) is 4.77. The molecule has 0 aliphatic heterocycles. The Balaban J connectivity index is 0.00000361. The number of sulfone groups is 1. The smallest absolute Gasteiger partial charge is 0.236 e. The molecule has 1 rings (SSSR count).